The Bertz CT molecular complexity index is 581. The van der Waals surface area contributed by atoms with E-state index in [4.69, 9.17) is 5.26 Å². The number of carbonyl (C=O) groups excluding carboxylic acids is 2. The van der Waals surface area contributed by atoms with E-state index in [0.717, 1.165) is 0 Å². The molecule has 0 bridgehead atoms. The third-order valence-corrected chi connectivity index (χ3v) is 2.27. The van der Waals surface area contributed by atoms with Gasteiger partial charge >= 0.3 is 5.97 Å². The summed E-state index contributed by atoms with van der Waals surface area (Å²) in [6, 6.07) is 2.87. The van der Waals surface area contributed by atoms with Crippen molar-refractivity contribution in [2.75, 3.05) is 6.61 Å². The fraction of sp³-hybridized carbons (Fsp3) is 0.333. The Balaban J connectivity index is 3.03. The quantitative estimate of drug-likeness (QED) is 0.480. The summed E-state index contributed by atoms with van der Waals surface area (Å²) in [6.45, 7) is 3.36. The molecule has 0 saturated heterocycles. The first kappa shape index (κ1) is 13.6. The van der Waals surface area contributed by atoms with Crippen molar-refractivity contribution in [2.24, 2.45) is 0 Å². The van der Waals surface area contributed by atoms with Gasteiger partial charge in [0, 0.05) is 11.3 Å². The van der Waals surface area contributed by atoms with Gasteiger partial charge in [-0.15, -0.1) is 0 Å². The summed E-state index contributed by atoms with van der Waals surface area (Å²) in [5, 5.41) is 8.71. The van der Waals surface area contributed by atoms with Crippen molar-refractivity contribution in [1.29, 1.82) is 5.26 Å². The van der Waals surface area contributed by atoms with E-state index >= 15 is 0 Å². The molecule has 0 aromatic carbocycles. The third kappa shape index (κ3) is 3.04. The van der Waals surface area contributed by atoms with E-state index in [2.05, 4.69) is 9.72 Å². The van der Waals surface area contributed by atoms with Crippen LogP contribution in [0, 0.1) is 18.3 Å². The fourth-order valence-corrected chi connectivity index (χ4v) is 1.43. The maximum atomic E-state index is 11.8. The Kier molecular flexibility index (Phi) is 4.38. The Morgan fingerprint density at radius 2 is 2.17 bits per heavy atom. The van der Waals surface area contributed by atoms with Crippen molar-refractivity contribution in [2.45, 2.75) is 20.3 Å². The zero-order valence-corrected chi connectivity index (χ0v) is 10.1. The van der Waals surface area contributed by atoms with E-state index < -0.39 is 23.7 Å². The summed E-state index contributed by atoms with van der Waals surface area (Å²) >= 11 is 0. The van der Waals surface area contributed by atoms with Crippen LogP contribution in [0.5, 0.6) is 0 Å². The molecule has 94 valence electrons. The highest BCUT2D eigenvalue weighted by molar-refractivity contribution is 6.06. The minimum absolute atomic E-state index is 0.152. The summed E-state index contributed by atoms with van der Waals surface area (Å²) in [5.41, 5.74) is -0.233. The summed E-state index contributed by atoms with van der Waals surface area (Å²) in [4.78, 5) is 36.7. The molecule has 1 N–H and O–H groups in total. The minimum Gasteiger partial charge on any atom is -0.466 e. The van der Waals surface area contributed by atoms with Crippen LogP contribution in [0.15, 0.2) is 10.9 Å². The first-order valence-corrected chi connectivity index (χ1v) is 5.32. The van der Waals surface area contributed by atoms with Crippen LogP contribution in [-0.4, -0.2) is 23.3 Å². The van der Waals surface area contributed by atoms with Crippen molar-refractivity contribution >= 4 is 11.8 Å². The van der Waals surface area contributed by atoms with Gasteiger partial charge in [-0.25, -0.2) is 0 Å². The molecule has 18 heavy (non-hydrogen) atoms. The largest absolute Gasteiger partial charge is 0.466 e. The summed E-state index contributed by atoms with van der Waals surface area (Å²) in [7, 11) is 0. The zero-order chi connectivity index (χ0) is 13.7. The first-order valence-electron chi connectivity index (χ1n) is 5.32. The van der Waals surface area contributed by atoms with Gasteiger partial charge < -0.3 is 9.72 Å². The predicted molar refractivity (Wildman–Crippen MR) is 62.1 cm³/mol. The number of pyridine rings is 1. The van der Waals surface area contributed by atoms with Crippen LogP contribution in [-0.2, 0) is 9.53 Å². The molecular weight excluding hydrogens is 236 g/mol. The average molecular weight is 248 g/mol. The fourth-order valence-electron chi connectivity index (χ4n) is 1.43. The molecule has 0 aliphatic heterocycles. The Morgan fingerprint density at radius 3 is 2.72 bits per heavy atom. The van der Waals surface area contributed by atoms with Gasteiger partial charge in [-0.3, -0.25) is 14.4 Å². The van der Waals surface area contributed by atoms with E-state index in [1.54, 1.807) is 13.0 Å². The lowest BCUT2D eigenvalue weighted by Crippen LogP contribution is -2.18. The SMILES string of the molecule is CCOC(=O)CC(=O)c1cc(C#N)c(=O)[nH]c1C. The topological polar surface area (TPSA) is 100 Å². The molecule has 0 aliphatic carbocycles. The predicted octanol–water partition coefficient (Wildman–Crippen LogP) is 0.691. The van der Waals surface area contributed by atoms with Crippen LogP contribution >= 0.6 is 0 Å². The van der Waals surface area contributed by atoms with Gasteiger partial charge in [-0.1, -0.05) is 0 Å². The summed E-state index contributed by atoms with van der Waals surface area (Å²) in [6.07, 6.45) is -0.411. The normalized spacial score (nSPS) is 9.61. The molecule has 0 aliphatic rings. The molecule has 0 atom stereocenters. The maximum absolute atomic E-state index is 11.8. The van der Waals surface area contributed by atoms with Crippen LogP contribution in [0.1, 0.15) is 35.0 Å². The molecule has 0 unspecified atom stereocenters. The number of nitrogens with zero attached hydrogens (tertiary/aromatic N) is 1. The van der Waals surface area contributed by atoms with E-state index in [9.17, 15) is 14.4 Å². The molecule has 0 fully saturated rings. The van der Waals surface area contributed by atoms with E-state index in [1.807, 2.05) is 0 Å². The molecule has 6 heteroatoms. The molecule has 1 aromatic heterocycles. The van der Waals surface area contributed by atoms with Gasteiger partial charge in [0.25, 0.3) is 5.56 Å². The van der Waals surface area contributed by atoms with Crippen molar-refractivity contribution in [3.05, 3.63) is 33.2 Å². The molecule has 6 nitrogen and oxygen atoms in total. The van der Waals surface area contributed by atoms with Gasteiger partial charge in [-0.2, -0.15) is 5.26 Å². The van der Waals surface area contributed by atoms with Crippen molar-refractivity contribution in [3.63, 3.8) is 0 Å². The number of hydrogen-bond donors (Lipinski definition) is 1. The highest BCUT2D eigenvalue weighted by Gasteiger charge is 2.16. The number of Topliss-reactive ketones (excluding diaryl/α,β-unsaturated/α-hetero) is 1. The minimum atomic E-state index is -0.633. The van der Waals surface area contributed by atoms with Gasteiger partial charge in [0.1, 0.15) is 18.1 Å². The number of H-pyrrole nitrogens is 1. The van der Waals surface area contributed by atoms with Gasteiger partial charge in [0.05, 0.1) is 6.61 Å². The molecule has 1 aromatic rings. The number of ketones is 1. The van der Waals surface area contributed by atoms with Crippen LogP contribution in [0.4, 0.5) is 0 Å². The number of nitrogens with one attached hydrogen (secondary N) is 1. The van der Waals surface area contributed by atoms with E-state index in [0.29, 0.717) is 5.69 Å². The second-order valence-corrected chi connectivity index (χ2v) is 3.57. The molecule has 1 heterocycles. The van der Waals surface area contributed by atoms with Crippen molar-refractivity contribution in [3.8, 4) is 6.07 Å². The van der Waals surface area contributed by atoms with Gasteiger partial charge in [-0.05, 0) is 19.9 Å². The number of rotatable bonds is 4. The number of aromatic amines is 1. The molecule has 1 rings (SSSR count). The first-order chi connectivity index (χ1) is 8.49. The van der Waals surface area contributed by atoms with Gasteiger partial charge in [0.15, 0.2) is 5.78 Å². The molecule has 0 radical (unpaired) electrons. The maximum Gasteiger partial charge on any atom is 0.313 e. The number of nitriles is 1. The number of aryl methyl sites for hydroxylation is 1. The lowest BCUT2D eigenvalue weighted by Gasteiger charge is -2.05. The van der Waals surface area contributed by atoms with Gasteiger partial charge in [0.2, 0.25) is 0 Å². The lowest BCUT2D eigenvalue weighted by atomic mass is 10.1. The monoisotopic (exact) mass is 248 g/mol. The number of aromatic nitrogens is 1. The molecular formula is C12H12N2O4. The Morgan fingerprint density at radius 1 is 1.50 bits per heavy atom. The summed E-state index contributed by atoms with van der Waals surface area (Å²) in [5.74, 6) is -1.12. The van der Waals surface area contributed by atoms with Crippen LogP contribution in [0.2, 0.25) is 0 Å². The Hall–Kier alpha value is -2.42. The zero-order valence-electron chi connectivity index (χ0n) is 10.1. The van der Waals surface area contributed by atoms with Crippen LogP contribution in [0.25, 0.3) is 0 Å². The third-order valence-electron chi connectivity index (χ3n) is 2.27. The highest BCUT2D eigenvalue weighted by Crippen LogP contribution is 2.08. The average Bonchev–Trinajstić information content (AvgIpc) is 2.29. The number of carbonyl (C=O) groups is 2. The smallest absolute Gasteiger partial charge is 0.313 e. The van der Waals surface area contributed by atoms with E-state index in [1.165, 1.54) is 13.0 Å². The number of hydrogen-bond acceptors (Lipinski definition) is 5. The molecule has 0 spiro atoms. The Labute approximate surface area is 103 Å². The lowest BCUT2D eigenvalue weighted by molar-refractivity contribution is -0.141. The van der Waals surface area contributed by atoms with Crippen LogP contribution in [0.3, 0.4) is 0 Å². The van der Waals surface area contributed by atoms with Crippen molar-refractivity contribution in [1.82, 2.24) is 4.98 Å². The highest BCUT2D eigenvalue weighted by atomic mass is 16.5. The summed E-state index contributed by atoms with van der Waals surface area (Å²) < 4.78 is 4.66. The second kappa shape index (κ2) is 5.77. The molecule has 0 amide bonds. The second-order valence-electron chi connectivity index (χ2n) is 3.57. The number of ether oxygens (including phenoxy) is 1. The van der Waals surface area contributed by atoms with Crippen molar-refractivity contribution < 1.29 is 14.3 Å². The number of esters is 1. The van der Waals surface area contributed by atoms with E-state index in [-0.39, 0.29) is 17.7 Å². The standard InChI is InChI=1S/C12H12N2O4/c1-3-18-11(16)5-10(15)9-4-8(6-13)12(17)14-7(9)2/h4H,3,5H2,1-2H3,(H,14,17). The van der Waals surface area contributed by atoms with Crippen LogP contribution < -0.4 is 5.56 Å². The molecule has 0 saturated carbocycles.